The summed E-state index contributed by atoms with van der Waals surface area (Å²) in [5.41, 5.74) is 4.61. The van der Waals surface area contributed by atoms with E-state index in [1.807, 2.05) is 84.4 Å². The molecular weight excluding hydrogens is 476 g/mol. The zero-order chi connectivity index (χ0) is 29.3. The molecule has 3 rings (SSSR count). The molecule has 38 heavy (non-hydrogen) atoms. The van der Waals surface area contributed by atoms with Gasteiger partial charge in [-0.2, -0.15) is 0 Å². The number of nitrogens with zero attached hydrogens (tertiary/aromatic N) is 3. The highest BCUT2D eigenvalue weighted by atomic mass is 16.5. The quantitative estimate of drug-likeness (QED) is 0.276. The number of rotatable bonds is 9. The molecule has 0 fully saturated rings. The van der Waals surface area contributed by atoms with Crippen LogP contribution < -0.4 is 15.6 Å². The van der Waals surface area contributed by atoms with Crippen molar-refractivity contribution in [2.24, 2.45) is 0 Å². The second-order valence-electron chi connectivity index (χ2n) is 7.78. The van der Waals surface area contributed by atoms with Crippen LogP contribution in [0.15, 0.2) is 59.4 Å². The van der Waals surface area contributed by atoms with Gasteiger partial charge in [0.15, 0.2) is 0 Å². The number of benzene rings is 1. The fourth-order valence-corrected chi connectivity index (χ4v) is 3.85. The van der Waals surface area contributed by atoms with E-state index in [-0.39, 0.29) is 18.2 Å². The Morgan fingerprint density at radius 1 is 1.11 bits per heavy atom. The smallest absolute Gasteiger partial charge is 0.274 e. The number of hydrogen-bond acceptors (Lipinski definition) is 5. The van der Waals surface area contributed by atoms with Gasteiger partial charge in [-0.15, -0.1) is 0 Å². The lowest BCUT2D eigenvalue weighted by Gasteiger charge is -2.21. The number of pyridine rings is 1. The monoisotopic (exact) mass is 526 g/mol. The lowest BCUT2D eigenvalue weighted by Crippen LogP contribution is -2.26. The van der Waals surface area contributed by atoms with Crippen molar-refractivity contribution < 1.29 is 9.84 Å². The first-order valence-corrected chi connectivity index (χ1v) is 13.9. The van der Waals surface area contributed by atoms with Crippen LogP contribution in [-0.2, 0) is 6.61 Å². The topological polar surface area (TPSA) is 81.3 Å². The Morgan fingerprint density at radius 2 is 1.76 bits per heavy atom. The molecule has 2 N–H and O–H groups in total. The highest BCUT2D eigenvalue weighted by Gasteiger charge is 2.15. The Kier molecular flexibility index (Phi) is 17.2. The number of anilines is 2. The third-order valence-electron chi connectivity index (χ3n) is 5.56. The van der Waals surface area contributed by atoms with E-state index in [0.29, 0.717) is 22.7 Å². The molecule has 0 saturated heterocycles. The second-order valence-corrected chi connectivity index (χ2v) is 7.78. The van der Waals surface area contributed by atoms with Gasteiger partial charge >= 0.3 is 0 Å². The number of allylic oxidation sites excluding steroid dienone is 2. The lowest BCUT2D eigenvalue weighted by atomic mass is 10.0. The molecule has 0 radical (unpaired) electrons. The molecule has 0 bridgehead atoms. The summed E-state index contributed by atoms with van der Waals surface area (Å²) >= 11 is 0. The first-order chi connectivity index (χ1) is 18.4. The lowest BCUT2D eigenvalue weighted by molar-refractivity contribution is 0.280. The van der Waals surface area contributed by atoms with Crippen LogP contribution in [-0.4, -0.2) is 26.3 Å². The second kappa shape index (κ2) is 18.9. The molecule has 7 heteroatoms. The highest BCUT2D eigenvalue weighted by Crippen LogP contribution is 2.29. The SMILES string of the molecule is CC.CC.CC.CC/C=C(\CC)C(C)n1cc(CO)cc(Nc2ccc(-n3cnc(C)c3)c(OC)c2)c1=O. The number of aliphatic hydroxyl groups excluding tert-OH is 1. The van der Waals surface area contributed by atoms with Crippen molar-refractivity contribution in [3.63, 3.8) is 0 Å². The van der Waals surface area contributed by atoms with Crippen molar-refractivity contribution >= 4 is 11.4 Å². The van der Waals surface area contributed by atoms with Crippen LogP contribution in [0.5, 0.6) is 5.75 Å². The molecule has 1 unspecified atom stereocenters. The van der Waals surface area contributed by atoms with Gasteiger partial charge in [0.25, 0.3) is 5.56 Å². The minimum Gasteiger partial charge on any atom is -0.494 e. The molecule has 0 aliphatic carbocycles. The summed E-state index contributed by atoms with van der Waals surface area (Å²) in [6.45, 7) is 20.0. The molecule has 7 nitrogen and oxygen atoms in total. The van der Waals surface area contributed by atoms with Crippen LogP contribution in [0, 0.1) is 6.92 Å². The predicted molar refractivity (Wildman–Crippen MR) is 162 cm³/mol. The zero-order valence-corrected chi connectivity index (χ0v) is 25.4. The van der Waals surface area contributed by atoms with Gasteiger partial charge in [-0.3, -0.25) is 4.79 Å². The van der Waals surface area contributed by atoms with E-state index in [1.54, 1.807) is 30.3 Å². The number of methoxy groups -OCH3 is 1. The first kappa shape index (κ1) is 34.7. The van der Waals surface area contributed by atoms with Gasteiger partial charge < -0.3 is 24.3 Å². The van der Waals surface area contributed by atoms with Crippen molar-refractivity contribution in [1.29, 1.82) is 0 Å². The highest BCUT2D eigenvalue weighted by molar-refractivity contribution is 5.65. The molecule has 2 heterocycles. The minimum absolute atomic E-state index is 0.0964. The molecule has 2 aromatic heterocycles. The maximum Gasteiger partial charge on any atom is 0.274 e. The maximum absolute atomic E-state index is 13.3. The van der Waals surface area contributed by atoms with Crippen molar-refractivity contribution in [1.82, 2.24) is 14.1 Å². The van der Waals surface area contributed by atoms with Crippen LogP contribution in [0.25, 0.3) is 5.69 Å². The normalized spacial score (nSPS) is 11.1. The van der Waals surface area contributed by atoms with Gasteiger partial charge in [0.05, 0.1) is 37.5 Å². The zero-order valence-electron chi connectivity index (χ0n) is 25.4. The average molecular weight is 527 g/mol. The summed E-state index contributed by atoms with van der Waals surface area (Å²) in [5, 5.41) is 13.0. The Balaban J connectivity index is 0.00000213. The Labute approximate surface area is 230 Å². The number of imidazole rings is 1. The fourth-order valence-electron chi connectivity index (χ4n) is 3.85. The van der Waals surface area contributed by atoms with Crippen LogP contribution in [0.4, 0.5) is 11.4 Å². The average Bonchev–Trinajstić information content (AvgIpc) is 3.41. The number of ether oxygens (including phenoxy) is 1. The van der Waals surface area contributed by atoms with E-state index in [0.717, 1.165) is 24.2 Å². The van der Waals surface area contributed by atoms with Gasteiger partial charge in [0.1, 0.15) is 11.4 Å². The Bertz CT molecular complexity index is 1160. The molecule has 212 valence electrons. The molecule has 0 amide bonds. The number of nitrogens with one attached hydrogen (secondary N) is 1. The van der Waals surface area contributed by atoms with Crippen molar-refractivity contribution in [2.45, 2.75) is 94.7 Å². The van der Waals surface area contributed by atoms with E-state index in [4.69, 9.17) is 4.74 Å². The summed E-state index contributed by atoms with van der Waals surface area (Å²) in [7, 11) is 1.61. The molecular formula is C31H50N4O3. The minimum atomic E-state index is -0.150. The Morgan fingerprint density at radius 3 is 2.26 bits per heavy atom. The number of hydrogen-bond donors (Lipinski definition) is 2. The summed E-state index contributed by atoms with van der Waals surface area (Å²) in [6, 6.07) is 7.25. The molecule has 0 aliphatic heterocycles. The third-order valence-corrected chi connectivity index (χ3v) is 5.56. The largest absolute Gasteiger partial charge is 0.494 e. The van der Waals surface area contributed by atoms with Gasteiger partial charge in [-0.25, -0.2) is 4.98 Å². The molecule has 1 atom stereocenters. The van der Waals surface area contributed by atoms with Crippen molar-refractivity contribution in [3.05, 3.63) is 76.2 Å². The fraction of sp³-hybridized carbons (Fsp3) is 0.484. The summed E-state index contributed by atoms with van der Waals surface area (Å²) < 4.78 is 9.17. The van der Waals surface area contributed by atoms with Crippen LogP contribution in [0.2, 0.25) is 0 Å². The van der Waals surface area contributed by atoms with E-state index < -0.39 is 0 Å². The number of aryl methyl sites for hydroxylation is 1. The van der Waals surface area contributed by atoms with Crippen molar-refractivity contribution in [3.8, 4) is 11.4 Å². The van der Waals surface area contributed by atoms with Gasteiger partial charge in [-0.05, 0) is 50.5 Å². The van der Waals surface area contributed by atoms with Crippen LogP contribution in [0.3, 0.4) is 0 Å². The maximum atomic E-state index is 13.3. The molecule has 0 saturated carbocycles. The van der Waals surface area contributed by atoms with E-state index >= 15 is 0 Å². The van der Waals surface area contributed by atoms with Crippen molar-refractivity contribution in [2.75, 3.05) is 12.4 Å². The number of aromatic nitrogens is 3. The summed E-state index contributed by atoms with van der Waals surface area (Å²) in [6.07, 6.45) is 9.33. The van der Waals surface area contributed by atoms with Gasteiger partial charge in [-0.1, -0.05) is 67.0 Å². The van der Waals surface area contributed by atoms with E-state index in [2.05, 4.69) is 30.2 Å². The molecule has 0 aliphatic rings. The summed E-state index contributed by atoms with van der Waals surface area (Å²) in [5.74, 6) is 0.651. The molecule has 1 aromatic carbocycles. The third kappa shape index (κ3) is 9.21. The number of aliphatic hydroxyl groups is 1. The van der Waals surface area contributed by atoms with E-state index in [9.17, 15) is 9.90 Å². The molecule has 0 spiro atoms. The van der Waals surface area contributed by atoms with Gasteiger partial charge in [0, 0.05) is 24.1 Å². The standard InChI is InChI=1S/C25H32N4O3.3C2H6/c1-6-8-20(7-2)18(4)29-14-19(15-30)11-22(25(29)31)27-21-9-10-23(24(12-21)32-5)28-13-17(3)26-16-28;3*1-2/h8-14,16,18,27,30H,6-7,15H2,1-5H3;3*1-2H3/b20-8+;;;. The van der Waals surface area contributed by atoms with Gasteiger partial charge in [0.2, 0.25) is 0 Å². The van der Waals surface area contributed by atoms with Crippen LogP contribution in [0.1, 0.15) is 92.5 Å². The first-order valence-electron chi connectivity index (χ1n) is 13.9. The summed E-state index contributed by atoms with van der Waals surface area (Å²) in [4.78, 5) is 17.6. The van der Waals surface area contributed by atoms with Crippen LogP contribution >= 0.6 is 0 Å². The van der Waals surface area contributed by atoms with E-state index in [1.165, 1.54) is 5.57 Å². The molecule has 3 aromatic rings. The Hall–Kier alpha value is -3.32. The predicted octanol–water partition coefficient (Wildman–Crippen LogP) is 7.97.